The summed E-state index contributed by atoms with van der Waals surface area (Å²) in [7, 11) is 1.65. The van der Waals surface area contributed by atoms with Crippen LogP contribution >= 0.6 is 15.9 Å². The Labute approximate surface area is 121 Å². The summed E-state index contributed by atoms with van der Waals surface area (Å²) in [4.78, 5) is 12.0. The highest BCUT2D eigenvalue weighted by atomic mass is 79.9. The molecule has 0 radical (unpaired) electrons. The van der Waals surface area contributed by atoms with Gasteiger partial charge in [0.15, 0.2) is 0 Å². The van der Waals surface area contributed by atoms with E-state index in [-0.39, 0.29) is 18.1 Å². The van der Waals surface area contributed by atoms with E-state index in [4.69, 9.17) is 11.2 Å². The lowest BCUT2D eigenvalue weighted by Crippen LogP contribution is -2.32. The van der Waals surface area contributed by atoms with Gasteiger partial charge in [0.2, 0.25) is 0 Å². The second kappa shape index (κ2) is 7.31. The molecule has 1 atom stereocenters. The Morgan fingerprint density at radius 3 is 2.84 bits per heavy atom. The predicted octanol–water partition coefficient (Wildman–Crippen LogP) is 1.72. The number of terminal acetylenes is 1. The number of rotatable bonds is 6. The standard InChI is InChI=1S/C13H18BrN3O2/c1-5-6-17-13(18)12(14)10(7-15-17)16-11(8-19-4)9(2)3/h1,7,9,11,16H,6,8H2,2-4H3. The average molecular weight is 328 g/mol. The molecule has 0 aliphatic heterocycles. The second-order valence-corrected chi connectivity index (χ2v) is 5.28. The van der Waals surface area contributed by atoms with Gasteiger partial charge in [-0.25, -0.2) is 4.68 Å². The SMILES string of the molecule is C#CCn1ncc(NC(COC)C(C)C)c(Br)c1=O. The quantitative estimate of drug-likeness (QED) is 0.808. The summed E-state index contributed by atoms with van der Waals surface area (Å²) in [5.41, 5.74) is 0.400. The molecule has 0 spiro atoms. The fourth-order valence-corrected chi connectivity index (χ4v) is 1.97. The molecule has 19 heavy (non-hydrogen) atoms. The van der Waals surface area contributed by atoms with Gasteiger partial charge >= 0.3 is 0 Å². The Kier molecular flexibility index (Phi) is 6.06. The van der Waals surface area contributed by atoms with E-state index in [1.54, 1.807) is 13.3 Å². The second-order valence-electron chi connectivity index (χ2n) is 4.49. The van der Waals surface area contributed by atoms with Gasteiger partial charge in [0.1, 0.15) is 11.0 Å². The third-order valence-electron chi connectivity index (χ3n) is 2.72. The van der Waals surface area contributed by atoms with Crippen LogP contribution in [0.4, 0.5) is 5.69 Å². The summed E-state index contributed by atoms with van der Waals surface area (Å²) in [6.45, 7) is 4.87. The van der Waals surface area contributed by atoms with E-state index in [2.05, 4.69) is 46.1 Å². The van der Waals surface area contributed by atoms with E-state index >= 15 is 0 Å². The molecule has 104 valence electrons. The Hall–Kier alpha value is -1.32. The Morgan fingerprint density at radius 1 is 1.63 bits per heavy atom. The van der Waals surface area contributed by atoms with Crippen molar-refractivity contribution in [1.29, 1.82) is 0 Å². The molecule has 1 N–H and O–H groups in total. The van der Waals surface area contributed by atoms with Crippen LogP contribution < -0.4 is 10.9 Å². The van der Waals surface area contributed by atoms with Crippen LogP contribution in [0.5, 0.6) is 0 Å². The van der Waals surface area contributed by atoms with Crippen molar-refractivity contribution in [3.8, 4) is 12.3 Å². The number of nitrogens with one attached hydrogen (secondary N) is 1. The molecule has 0 bridgehead atoms. The lowest BCUT2D eigenvalue weighted by atomic mass is 10.1. The molecule has 0 aliphatic carbocycles. The summed E-state index contributed by atoms with van der Waals surface area (Å²) < 4.78 is 6.82. The fraction of sp³-hybridized carbons (Fsp3) is 0.538. The van der Waals surface area contributed by atoms with Crippen LogP contribution in [0.25, 0.3) is 0 Å². The van der Waals surface area contributed by atoms with E-state index in [1.807, 2.05) is 0 Å². The number of ether oxygens (including phenoxy) is 1. The lowest BCUT2D eigenvalue weighted by Gasteiger charge is -2.23. The van der Waals surface area contributed by atoms with Crippen molar-refractivity contribution in [3.63, 3.8) is 0 Å². The van der Waals surface area contributed by atoms with Crippen molar-refractivity contribution in [2.75, 3.05) is 19.0 Å². The largest absolute Gasteiger partial charge is 0.383 e. The third kappa shape index (κ3) is 4.08. The molecular formula is C13H18BrN3O2. The van der Waals surface area contributed by atoms with Crippen molar-refractivity contribution in [2.24, 2.45) is 5.92 Å². The molecule has 1 rings (SSSR count). The summed E-state index contributed by atoms with van der Waals surface area (Å²) in [6, 6.07) is 0.103. The molecular weight excluding hydrogens is 310 g/mol. The Balaban J connectivity index is 2.99. The molecule has 0 aliphatic rings. The molecule has 0 amide bonds. The van der Waals surface area contributed by atoms with E-state index < -0.39 is 0 Å². The number of methoxy groups -OCH3 is 1. The highest BCUT2D eigenvalue weighted by Crippen LogP contribution is 2.19. The zero-order chi connectivity index (χ0) is 14.4. The van der Waals surface area contributed by atoms with Crippen molar-refractivity contribution in [1.82, 2.24) is 9.78 Å². The maximum absolute atomic E-state index is 12.0. The molecule has 1 aromatic rings. The molecule has 0 saturated heterocycles. The summed E-state index contributed by atoms with van der Waals surface area (Å²) in [6.07, 6.45) is 6.77. The molecule has 5 nitrogen and oxygen atoms in total. The van der Waals surface area contributed by atoms with E-state index in [1.165, 1.54) is 4.68 Å². The Morgan fingerprint density at radius 2 is 2.32 bits per heavy atom. The predicted molar refractivity (Wildman–Crippen MR) is 79.2 cm³/mol. The average Bonchev–Trinajstić information content (AvgIpc) is 2.37. The van der Waals surface area contributed by atoms with Crippen molar-refractivity contribution in [3.05, 3.63) is 21.0 Å². The third-order valence-corrected chi connectivity index (χ3v) is 3.48. The van der Waals surface area contributed by atoms with Gasteiger partial charge in [0.05, 0.1) is 24.5 Å². The van der Waals surface area contributed by atoms with Crippen molar-refractivity contribution in [2.45, 2.75) is 26.4 Å². The van der Waals surface area contributed by atoms with Gasteiger partial charge in [-0.2, -0.15) is 5.10 Å². The van der Waals surface area contributed by atoms with Gasteiger partial charge in [0, 0.05) is 7.11 Å². The van der Waals surface area contributed by atoms with Crippen molar-refractivity contribution < 1.29 is 4.74 Å². The zero-order valence-electron chi connectivity index (χ0n) is 11.3. The lowest BCUT2D eigenvalue weighted by molar-refractivity contribution is 0.171. The van der Waals surface area contributed by atoms with Crippen molar-refractivity contribution >= 4 is 21.6 Å². The van der Waals surface area contributed by atoms with Crippen LogP contribution in [0.3, 0.4) is 0 Å². The molecule has 6 heteroatoms. The van der Waals surface area contributed by atoms with E-state index in [0.717, 1.165) is 0 Å². The summed E-state index contributed by atoms with van der Waals surface area (Å²) in [5.74, 6) is 2.75. The first-order valence-electron chi connectivity index (χ1n) is 5.95. The highest BCUT2D eigenvalue weighted by Gasteiger charge is 2.16. The normalized spacial score (nSPS) is 12.2. The van der Waals surface area contributed by atoms with E-state index in [9.17, 15) is 4.79 Å². The van der Waals surface area contributed by atoms with Crippen LogP contribution in [-0.4, -0.2) is 29.5 Å². The minimum absolute atomic E-state index is 0.103. The number of hydrogen-bond donors (Lipinski definition) is 1. The van der Waals surface area contributed by atoms with Crippen LogP contribution in [0, 0.1) is 18.3 Å². The molecule has 0 fully saturated rings. The first-order valence-corrected chi connectivity index (χ1v) is 6.75. The minimum atomic E-state index is -0.247. The first kappa shape index (κ1) is 15.7. The van der Waals surface area contributed by atoms with Crippen LogP contribution in [0.2, 0.25) is 0 Å². The van der Waals surface area contributed by atoms with Gasteiger partial charge < -0.3 is 10.1 Å². The van der Waals surface area contributed by atoms with Crippen LogP contribution in [0.1, 0.15) is 13.8 Å². The molecule has 0 aromatic carbocycles. The number of halogens is 1. The van der Waals surface area contributed by atoms with Gasteiger partial charge in [-0.3, -0.25) is 4.79 Å². The Bertz CT molecular complexity index is 520. The van der Waals surface area contributed by atoms with Crippen LogP contribution in [0.15, 0.2) is 15.5 Å². The molecule has 1 unspecified atom stereocenters. The van der Waals surface area contributed by atoms with Crippen LogP contribution in [-0.2, 0) is 11.3 Å². The summed E-state index contributed by atoms with van der Waals surface area (Å²) in [5, 5.41) is 7.29. The minimum Gasteiger partial charge on any atom is -0.383 e. The topological polar surface area (TPSA) is 56.1 Å². The monoisotopic (exact) mass is 327 g/mol. The number of hydrogen-bond acceptors (Lipinski definition) is 4. The van der Waals surface area contributed by atoms with Gasteiger partial charge in [-0.15, -0.1) is 6.42 Å². The fourth-order valence-electron chi connectivity index (χ4n) is 1.54. The smallest absolute Gasteiger partial charge is 0.284 e. The zero-order valence-corrected chi connectivity index (χ0v) is 12.9. The molecule has 0 saturated carbocycles. The maximum Gasteiger partial charge on any atom is 0.284 e. The number of aromatic nitrogens is 2. The van der Waals surface area contributed by atoms with Gasteiger partial charge in [0.25, 0.3) is 5.56 Å². The van der Waals surface area contributed by atoms with E-state index in [0.29, 0.717) is 22.7 Å². The first-order chi connectivity index (χ1) is 9.01. The number of nitrogens with zero attached hydrogens (tertiary/aromatic N) is 2. The molecule has 1 heterocycles. The maximum atomic E-state index is 12.0. The van der Waals surface area contributed by atoms with Gasteiger partial charge in [-0.1, -0.05) is 19.8 Å². The molecule has 1 aromatic heterocycles. The van der Waals surface area contributed by atoms with Gasteiger partial charge in [-0.05, 0) is 21.8 Å². The summed E-state index contributed by atoms with van der Waals surface area (Å²) >= 11 is 3.28. The number of anilines is 1. The highest BCUT2D eigenvalue weighted by molar-refractivity contribution is 9.10.